The third-order valence-corrected chi connectivity index (χ3v) is 5.48. The van der Waals surface area contributed by atoms with E-state index in [0.717, 1.165) is 32.5 Å². The number of carboxylic acids is 1. The van der Waals surface area contributed by atoms with E-state index in [2.05, 4.69) is 14.8 Å². The first-order valence-corrected chi connectivity index (χ1v) is 9.61. The Bertz CT molecular complexity index is 659. The molecule has 8 heteroatoms. The van der Waals surface area contributed by atoms with Gasteiger partial charge in [0.15, 0.2) is 0 Å². The lowest BCUT2D eigenvalue weighted by Gasteiger charge is -2.35. The second-order valence-corrected chi connectivity index (χ2v) is 7.85. The highest BCUT2D eigenvalue weighted by atomic mass is 16.5. The van der Waals surface area contributed by atoms with E-state index in [1.807, 2.05) is 0 Å². The van der Waals surface area contributed by atoms with Crippen molar-refractivity contribution >= 4 is 17.7 Å². The van der Waals surface area contributed by atoms with Crippen LogP contribution in [0.15, 0.2) is 6.20 Å². The summed E-state index contributed by atoms with van der Waals surface area (Å²) in [6.45, 7) is 8.54. The maximum Gasteiger partial charge on any atom is 0.313 e. The molecule has 2 aliphatic heterocycles. The molecule has 0 aliphatic carbocycles. The van der Waals surface area contributed by atoms with Crippen molar-refractivity contribution in [3.8, 4) is 0 Å². The number of hydrogen-bond donors (Lipinski definition) is 1. The fourth-order valence-corrected chi connectivity index (χ4v) is 3.71. The highest BCUT2D eigenvalue weighted by Gasteiger charge is 2.35. The summed E-state index contributed by atoms with van der Waals surface area (Å²) in [5.74, 6) is 0.965. The second kappa shape index (κ2) is 8.39. The molecule has 1 atom stereocenters. The smallest absolute Gasteiger partial charge is 0.313 e. The minimum atomic E-state index is -1.06. The fraction of sp³-hybridized carbons (Fsp3) is 0.737. The molecular formula is C19H30N4O4. The number of aliphatic carboxylic acids is 1. The Hall–Kier alpha value is -1.93. The van der Waals surface area contributed by atoms with Gasteiger partial charge in [-0.05, 0) is 32.6 Å². The van der Waals surface area contributed by atoms with Crippen molar-refractivity contribution in [2.75, 3.05) is 62.9 Å². The van der Waals surface area contributed by atoms with E-state index >= 15 is 0 Å². The average molecular weight is 378 g/mol. The van der Waals surface area contributed by atoms with Crippen LogP contribution in [-0.2, 0) is 19.7 Å². The van der Waals surface area contributed by atoms with Crippen molar-refractivity contribution < 1.29 is 19.4 Å². The summed E-state index contributed by atoms with van der Waals surface area (Å²) >= 11 is 0. The number of nitrogens with zero attached hydrogens (tertiary/aromatic N) is 4. The van der Waals surface area contributed by atoms with Gasteiger partial charge in [-0.15, -0.1) is 0 Å². The minimum Gasteiger partial charge on any atom is -0.481 e. The molecule has 1 aromatic rings. The molecule has 8 nitrogen and oxygen atoms in total. The lowest BCUT2D eigenvalue weighted by Crippen LogP contribution is -2.41. The van der Waals surface area contributed by atoms with Crippen LogP contribution in [0.25, 0.3) is 0 Å². The van der Waals surface area contributed by atoms with E-state index in [4.69, 9.17) is 14.5 Å². The van der Waals surface area contributed by atoms with Crippen LogP contribution in [0.3, 0.4) is 0 Å². The summed E-state index contributed by atoms with van der Waals surface area (Å²) in [6.07, 6.45) is 3.92. The molecule has 150 valence electrons. The number of methoxy groups -OCH3 is 1. The maximum atomic E-state index is 11.8. The summed E-state index contributed by atoms with van der Waals surface area (Å²) < 4.78 is 10.8. The predicted molar refractivity (Wildman–Crippen MR) is 103 cm³/mol. The Balaban J connectivity index is 1.94. The zero-order chi connectivity index (χ0) is 19.4. The highest BCUT2D eigenvalue weighted by molar-refractivity contribution is 5.82. The SMILES string of the molecule is COCC1CCCN(c2ncc(C(C)(C)C(=O)O)c(N3CCOCC3)n2)C1. The molecule has 0 saturated carbocycles. The van der Waals surface area contributed by atoms with Crippen molar-refractivity contribution in [2.24, 2.45) is 5.92 Å². The van der Waals surface area contributed by atoms with E-state index in [0.29, 0.717) is 49.6 Å². The first-order chi connectivity index (χ1) is 12.9. The lowest BCUT2D eigenvalue weighted by molar-refractivity contribution is -0.142. The van der Waals surface area contributed by atoms with Gasteiger partial charge in [-0.3, -0.25) is 4.79 Å². The molecule has 3 rings (SSSR count). The summed E-state index contributed by atoms with van der Waals surface area (Å²) in [5, 5.41) is 9.71. The van der Waals surface area contributed by atoms with Gasteiger partial charge in [0.05, 0.1) is 25.2 Å². The monoisotopic (exact) mass is 378 g/mol. The van der Waals surface area contributed by atoms with Crippen molar-refractivity contribution in [2.45, 2.75) is 32.1 Å². The van der Waals surface area contributed by atoms with Crippen LogP contribution >= 0.6 is 0 Å². The molecule has 2 saturated heterocycles. The summed E-state index contributed by atoms with van der Waals surface area (Å²) in [4.78, 5) is 25.5. The van der Waals surface area contributed by atoms with Gasteiger partial charge in [0.2, 0.25) is 5.95 Å². The Morgan fingerprint density at radius 2 is 2.07 bits per heavy atom. The van der Waals surface area contributed by atoms with Gasteiger partial charge in [0.1, 0.15) is 5.82 Å². The van der Waals surface area contributed by atoms with Gasteiger partial charge in [-0.25, -0.2) is 4.98 Å². The molecule has 0 bridgehead atoms. The number of piperidine rings is 1. The Morgan fingerprint density at radius 3 is 2.74 bits per heavy atom. The van der Waals surface area contributed by atoms with Crippen LogP contribution in [0.2, 0.25) is 0 Å². The van der Waals surface area contributed by atoms with Crippen LogP contribution in [-0.4, -0.2) is 74.2 Å². The minimum absolute atomic E-state index is 0.467. The van der Waals surface area contributed by atoms with E-state index in [1.165, 1.54) is 0 Å². The summed E-state index contributed by atoms with van der Waals surface area (Å²) in [5.41, 5.74) is -0.418. The van der Waals surface area contributed by atoms with Gasteiger partial charge >= 0.3 is 5.97 Å². The molecule has 27 heavy (non-hydrogen) atoms. The van der Waals surface area contributed by atoms with Crippen LogP contribution in [0.5, 0.6) is 0 Å². The van der Waals surface area contributed by atoms with Crippen LogP contribution in [0.1, 0.15) is 32.3 Å². The predicted octanol–water partition coefficient (Wildman–Crippen LogP) is 1.54. The van der Waals surface area contributed by atoms with Gasteiger partial charge < -0.3 is 24.4 Å². The number of morpholine rings is 1. The van der Waals surface area contributed by atoms with Crippen molar-refractivity contribution in [1.29, 1.82) is 0 Å². The normalized spacial score (nSPS) is 21.4. The zero-order valence-electron chi connectivity index (χ0n) is 16.5. The third-order valence-electron chi connectivity index (χ3n) is 5.48. The number of ether oxygens (including phenoxy) is 2. The first-order valence-electron chi connectivity index (χ1n) is 9.61. The van der Waals surface area contributed by atoms with Gasteiger partial charge in [-0.1, -0.05) is 0 Å². The number of rotatable bonds is 6. The van der Waals surface area contributed by atoms with Gasteiger partial charge in [0, 0.05) is 45.0 Å². The molecule has 0 amide bonds. The summed E-state index contributed by atoms with van der Waals surface area (Å²) in [7, 11) is 1.73. The maximum absolute atomic E-state index is 11.8. The van der Waals surface area contributed by atoms with Crippen molar-refractivity contribution in [3.05, 3.63) is 11.8 Å². The van der Waals surface area contributed by atoms with Gasteiger partial charge in [0.25, 0.3) is 0 Å². The summed E-state index contributed by atoms with van der Waals surface area (Å²) in [6, 6.07) is 0. The Kier molecular flexibility index (Phi) is 6.16. The van der Waals surface area contributed by atoms with Crippen LogP contribution in [0.4, 0.5) is 11.8 Å². The molecule has 0 radical (unpaired) electrons. The molecule has 0 spiro atoms. The topological polar surface area (TPSA) is 88.0 Å². The highest BCUT2D eigenvalue weighted by Crippen LogP contribution is 2.33. The van der Waals surface area contributed by atoms with E-state index in [9.17, 15) is 9.90 Å². The van der Waals surface area contributed by atoms with Crippen molar-refractivity contribution in [3.63, 3.8) is 0 Å². The first kappa shape index (κ1) is 19.8. The molecule has 1 unspecified atom stereocenters. The second-order valence-electron chi connectivity index (χ2n) is 7.85. The Morgan fingerprint density at radius 1 is 1.33 bits per heavy atom. The van der Waals surface area contributed by atoms with Crippen molar-refractivity contribution in [1.82, 2.24) is 9.97 Å². The van der Waals surface area contributed by atoms with E-state index in [-0.39, 0.29) is 0 Å². The molecule has 0 aromatic carbocycles. The molecule has 1 N–H and O–H groups in total. The molecule has 1 aromatic heterocycles. The van der Waals surface area contributed by atoms with E-state index in [1.54, 1.807) is 27.2 Å². The number of hydrogen-bond acceptors (Lipinski definition) is 7. The largest absolute Gasteiger partial charge is 0.481 e. The van der Waals surface area contributed by atoms with Crippen LogP contribution < -0.4 is 9.80 Å². The number of carbonyl (C=O) groups is 1. The molecular weight excluding hydrogens is 348 g/mol. The molecule has 3 heterocycles. The van der Waals surface area contributed by atoms with E-state index < -0.39 is 11.4 Å². The number of carboxylic acid groups (broad SMARTS) is 1. The Labute approximate surface area is 160 Å². The molecule has 2 aliphatic rings. The number of aromatic nitrogens is 2. The number of anilines is 2. The fourth-order valence-electron chi connectivity index (χ4n) is 3.71. The third kappa shape index (κ3) is 4.32. The quantitative estimate of drug-likeness (QED) is 0.798. The van der Waals surface area contributed by atoms with Crippen LogP contribution in [0, 0.1) is 5.92 Å². The molecule has 2 fully saturated rings. The lowest BCUT2D eigenvalue weighted by atomic mass is 9.85. The van der Waals surface area contributed by atoms with Gasteiger partial charge in [-0.2, -0.15) is 4.98 Å². The standard InChI is InChI=1S/C19H30N4O4/c1-19(2,17(24)25)15-11-20-18(21-16(15)22-7-9-27-10-8-22)23-6-4-5-14(12-23)13-26-3/h11,14H,4-10,12-13H2,1-3H3,(H,24,25). The zero-order valence-corrected chi connectivity index (χ0v) is 16.5. The average Bonchev–Trinajstić information content (AvgIpc) is 2.68.